The van der Waals surface area contributed by atoms with Gasteiger partial charge >= 0.3 is 0 Å². The molecule has 0 bridgehead atoms. The van der Waals surface area contributed by atoms with Crippen molar-refractivity contribution in [2.75, 3.05) is 6.54 Å². The molecule has 5 heteroatoms. The van der Waals surface area contributed by atoms with Crippen molar-refractivity contribution in [2.24, 2.45) is 0 Å². The Balaban J connectivity index is 0.000000295. The van der Waals surface area contributed by atoms with Crippen LogP contribution in [0.15, 0.2) is 24.3 Å². The van der Waals surface area contributed by atoms with Gasteiger partial charge in [0.15, 0.2) is 0 Å². The van der Waals surface area contributed by atoms with Crippen molar-refractivity contribution < 1.29 is 19.0 Å². The molecule has 22 heavy (non-hydrogen) atoms. The minimum atomic E-state index is -0.793. The van der Waals surface area contributed by atoms with E-state index < -0.39 is 5.60 Å². The van der Waals surface area contributed by atoms with E-state index in [0.29, 0.717) is 25.4 Å². The second kappa shape index (κ2) is 7.70. The van der Waals surface area contributed by atoms with Crippen LogP contribution in [0.3, 0.4) is 0 Å². The van der Waals surface area contributed by atoms with E-state index in [4.69, 9.17) is 0 Å². The Morgan fingerprint density at radius 1 is 1.36 bits per heavy atom. The van der Waals surface area contributed by atoms with Crippen LogP contribution in [0.2, 0.25) is 0 Å². The van der Waals surface area contributed by atoms with Gasteiger partial charge in [-0.05, 0) is 64.8 Å². The first kappa shape index (κ1) is 18.6. The number of halogens is 1. The number of ether oxygens (including phenoxy) is 1. The number of aliphatic hydroxyl groups is 1. The topological polar surface area (TPSA) is 58.6 Å². The zero-order valence-electron chi connectivity index (χ0n) is 13.7. The fraction of sp³-hybridized carbons (Fsp3) is 0.588. The van der Waals surface area contributed by atoms with Crippen molar-refractivity contribution in [3.63, 3.8) is 0 Å². The molecule has 2 rings (SSSR count). The molecule has 124 valence electrons. The molecular weight excluding hydrogens is 285 g/mol. The van der Waals surface area contributed by atoms with Crippen molar-refractivity contribution in [1.29, 1.82) is 0 Å². The Bertz CT molecular complexity index is 470. The Morgan fingerprint density at radius 3 is 2.36 bits per heavy atom. The van der Waals surface area contributed by atoms with Crippen molar-refractivity contribution in [2.45, 2.75) is 57.8 Å². The highest BCUT2D eigenvalue weighted by molar-refractivity contribution is 5.37. The molecule has 0 saturated carbocycles. The Hall–Kier alpha value is -1.46. The minimum absolute atomic E-state index is 0.260. The van der Waals surface area contributed by atoms with E-state index in [1.165, 1.54) is 12.1 Å². The summed E-state index contributed by atoms with van der Waals surface area (Å²) in [5, 5.41) is 13.7. The summed E-state index contributed by atoms with van der Waals surface area (Å²) in [6.45, 7) is 8.77. The number of benzene rings is 1. The van der Waals surface area contributed by atoms with Gasteiger partial charge in [-0.3, -0.25) is 4.79 Å². The molecule has 1 aromatic rings. The standard InChI is InChI=1S/C12H16FNO.C5H10O2/c1-9-8-12(15,6-7-14-9)10-2-4-11(13)5-3-10;1-5(2,3)7-4-6/h2-5,9,14-15H,6-8H2,1H3;4H,1-3H3. The number of rotatable bonds is 2. The minimum Gasteiger partial charge on any atom is -0.462 e. The van der Waals surface area contributed by atoms with Gasteiger partial charge in [0.05, 0.1) is 5.60 Å². The monoisotopic (exact) mass is 311 g/mol. The summed E-state index contributed by atoms with van der Waals surface area (Å²) in [5.74, 6) is -0.260. The molecule has 0 aliphatic carbocycles. The second-order valence-electron chi connectivity index (χ2n) is 6.67. The van der Waals surface area contributed by atoms with Gasteiger partial charge in [-0.25, -0.2) is 4.39 Å². The highest BCUT2D eigenvalue weighted by atomic mass is 19.1. The van der Waals surface area contributed by atoms with Crippen LogP contribution in [0.4, 0.5) is 4.39 Å². The molecule has 0 aromatic heterocycles. The maximum atomic E-state index is 12.8. The Morgan fingerprint density at radius 2 is 1.95 bits per heavy atom. The third-order valence-electron chi connectivity index (χ3n) is 3.46. The van der Waals surface area contributed by atoms with Gasteiger partial charge < -0.3 is 15.2 Å². The van der Waals surface area contributed by atoms with Crippen molar-refractivity contribution in [3.05, 3.63) is 35.6 Å². The molecule has 1 fully saturated rings. The van der Waals surface area contributed by atoms with E-state index in [0.717, 1.165) is 12.1 Å². The van der Waals surface area contributed by atoms with Gasteiger partial charge in [-0.2, -0.15) is 0 Å². The van der Waals surface area contributed by atoms with E-state index in [1.807, 2.05) is 27.7 Å². The largest absolute Gasteiger partial charge is 0.462 e. The van der Waals surface area contributed by atoms with Gasteiger partial charge in [-0.15, -0.1) is 0 Å². The first-order chi connectivity index (χ1) is 10.2. The van der Waals surface area contributed by atoms with Crippen LogP contribution in [0.5, 0.6) is 0 Å². The molecular formula is C17H26FNO3. The summed E-state index contributed by atoms with van der Waals surface area (Å²) in [4.78, 5) is 9.60. The smallest absolute Gasteiger partial charge is 0.293 e. The molecule has 0 radical (unpaired) electrons. The third-order valence-corrected chi connectivity index (χ3v) is 3.46. The molecule has 2 unspecified atom stereocenters. The number of hydrogen-bond acceptors (Lipinski definition) is 4. The van der Waals surface area contributed by atoms with Gasteiger partial charge in [0.25, 0.3) is 6.47 Å². The molecule has 1 heterocycles. The van der Waals surface area contributed by atoms with E-state index in [-0.39, 0.29) is 11.4 Å². The van der Waals surface area contributed by atoms with E-state index in [1.54, 1.807) is 12.1 Å². The number of hydrogen-bond donors (Lipinski definition) is 2. The summed E-state index contributed by atoms with van der Waals surface area (Å²) in [5.41, 5.74) is -0.294. The van der Waals surface area contributed by atoms with Crippen LogP contribution in [0, 0.1) is 5.82 Å². The zero-order valence-corrected chi connectivity index (χ0v) is 13.7. The van der Waals surface area contributed by atoms with Gasteiger partial charge in [0.1, 0.15) is 11.4 Å². The number of piperidine rings is 1. The average Bonchev–Trinajstić information content (AvgIpc) is 2.38. The van der Waals surface area contributed by atoms with Crippen LogP contribution in [0.1, 0.15) is 46.1 Å². The first-order valence-electron chi connectivity index (χ1n) is 7.49. The SMILES string of the molecule is CC(C)(C)OC=O.CC1CC(O)(c2ccc(F)cc2)CCN1. The molecule has 1 aliphatic heterocycles. The fourth-order valence-electron chi connectivity index (χ4n) is 2.37. The lowest BCUT2D eigenvalue weighted by Crippen LogP contribution is -2.44. The maximum Gasteiger partial charge on any atom is 0.293 e. The summed E-state index contributed by atoms with van der Waals surface area (Å²) in [7, 11) is 0. The predicted octanol–water partition coefficient (Wildman–Crippen LogP) is 2.74. The highest BCUT2D eigenvalue weighted by Gasteiger charge is 2.33. The molecule has 1 saturated heterocycles. The number of nitrogens with one attached hydrogen (secondary N) is 1. The molecule has 1 aromatic carbocycles. The summed E-state index contributed by atoms with van der Waals surface area (Å²) in [6, 6.07) is 6.45. The van der Waals surface area contributed by atoms with Gasteiger partial charge in [0, 0.05) is 6.04 Å². The highest BCUT2D eigenvalue weighted by Crippen LogP contribution is 2.32. The Kier molecular flexibility index (Phi) is 6.50. The van der Waals surface area contributed by atoms with Crippen molar-refractivity contribution >= 4 is 6.47 Å². The molecule has 4 nitrogen and oxygen atoms in total. The third kappa shape index (κ3) is 6.12. The van der Waals surface area contributed by atoms with Crippen LogP contribution < -0.4 is 5.32 Å². The maximum absolute atomic E-state index is 12.8. The first-order valence-corrected chi connectivity index (χ1v) is 7.49. The van der Waals surface area contributed by atoms with Crippen LogP contribution in [0.25, 0.3) is 0 Å². The second-order valence-corrected chi connectivity index (χ2v) is 6.67. The van der Waals surface area contributed by atoms with Crippen LogP contribution in [-0.4, -0.2) is 29.8 Å². The Labute approximate surface area is 131 Å². The van der Waals surface area contributed by atoms with Crippen molar-refractivity contribution in [1.82, 2.24) is 5.32 Å². The van der Waals surface area contributed by atoms with E-state index in [9.17, 15) is 14.3 Å². The normalized spacial score (nSPS) is 24.9. The molecule has 2 atom stereocenters. The van der Waals surface area contributed by atoms with Crippen LogP contribution >= 0.6 is 0 Å². The number of carbonyl (C=O) groups excluding carboxylic acids is 1. The molecule has 0 spiro atoms. The summed E-state index contributed by atoms with van der Waals surface area (Å²) in [6.07, 6.45) is 1.36. The lowest BCUT2D eigenvalue weighted by atomic mass is 9.82. The average molecular weight is 311 g/mol. The quantitative estimate of drug-likeness (QED) is 0.825. The van der Waals surface area contributed by atoms with E-state index >= 15 is 0 Å². The molecule has 0 amide bonds. The lowest BCUT2D eigenvalue weighted by molar-refractivity contribution is -0.138. The fourth-order valence-corrected chi connectivity index (χ4v) is 2.37. The van der Waals surface area contributed by atoms with Crippen molar-refractivity contribution in [3.8, 4) is 0 Å². The number of carbonyl (C=O) groups is 1. The summed E-state index contributed by atoms with van der Waals surface area (Å²) < 4.78 is 17.3. The zero-order chi connectivity index (χ0) is 16.8. The van der Waals surface area contributed by atoms with E-state index in [2.05, 4.69) is 10.1 Å². The lowest BCUT2D eigenvalue weighted by Gasteiger charge is -2.36. The summed E-state index contributed by atoms with van der Waals surface area (Å²) >= 11 is 0. The molecule has 2 N–H and O–H groups in total. The van der Waals surface area contributed by atoms with Gasteiger partial charge in [0.2, 0.25) is 0 Å². The van der Waals surface area contributed by atoms with Gasteiger partial charge in [-0.1, -0.05) is 12.1 Å². The van der Waals surface area contributed by atoms with Crippen LogP contribution in [-0.2, 0) is 15.1 Å². The predicted molar refractivity (Wildman–Crippen MR) is 83.9 cm³/mol. The molecule has 1 aliphatic rings.